The molecule has 0 aliphatic carbocycles. The van der Waals surface area contributed by atoms with Crippen molar-refractivity contribution in [2.45, 2.75) is 33.0 Å². The number of carbonyl (C=O) groups is 2. The molecule has 1 heterocycles. The maximum Gasteiger partial charge on any atom is 0.315 e. The summed E-state index contributed by atoms with van der Waals surface area (Å²) < 4.78 is 5.81. The molecule has 160 valence electrons. The summed E-state index contributed by atoms with van der Waals surface area (Å²) in [6, 6.07) is 13.2. The van der Waals surface area contributed by atoms with Crippen molar-refractivity contribution in [3.05, 3.63) is 70.3 Å². The summed E-state index contributed by atoms with van der Waals surface area (Å²) in [7, 11) is 0. The summed E-state index contributed by atoms with van der Waals surface area (Å²) in [5.41, 5.74) is 10.5. The van der Waals surface area contributed by atoms with Gasteiger partial charge in [0.05, 0.1) is 12.7 Å². The van der Waals surface area contributed by atoms with Gasteiger partial charge in [-0.1, -0.05) is 30.3 Å². The third kappa shape index (κ3) is 6.30. The topological polar surface area (TPSA) is 96.7 Å². The van der Waals surface area contributed by atoms with Gasteiger partial charge in [0.25, 0.3) is 0 Å². The highest BCUT2D eigenvalue weighted by atomic mass is 16.5. The molecule has 7 heteroatoms. The number of hydrogen-bond acceptors (Lipinski definition) is 4. The molecule has 3 rings (SSSR count). The molecule has 1 fully saturated rings. The van der Waals surface area contributed by atoms with Gasteiger partial charge in [0.1, 0.15) is 0 Å². The van der Waals surface area contributed by atoms with Crippen LogP contribution in [0.3, 0.4) is 0 Å². The summed E-state index contributed by atoms with van der Waals surface area (Å²) >= 11 is 0. The number of carbonyl (C=O) groups excluding carboxylic acids is 2. The SMILES string of the molecule is Cc1ccc(CN2CCO[C@@H](CNC(=O)NCc3ccc(C(N)=O)cc3)C2)cc1C. The maximum atomic E-state index is 12.1. The Morgan fingerprint density at radius 1 is 1.07 bits per heavy atom. The van der Waals surface area contributed by atoms with E-state index >= 15 is 0 Å². The van der Waals surface area contributed by atoms with Crippen LogP contribution in [0.1, 0.15) is 32.6 Å². The monoisotopic (exact) mass is 410 g/mol. The first-order valence-corrected chi connectivity index (χ1v) is 10.2. The Morgan fingerprint density at radius 2 is 1.80 bits per heavy atom. The summed E-state index contributed by atoms with van der Waals surface area (Å²) in [5, 5.41) is 5.69. The second kappa shape index (κ2) is 10.2. The van der Waals surface area contributed by atoms with Crippen molar-refractivity contribution in [3.63, 3.8) is 0 Å². The third-order valence-corrected chi connectivity index (χ3v) is 5.38. The second-order valence-electron chi connectivity index (χ2n) is 7.77. The van der Waals surface area contributed by atoms with E-state index in [1.54, 1.807) is 24.3 Å². The van der Waals surface area contributed by atoms with Crippen LogP contribution in [0.2, 0.25) is 0 Å². The number of nitrogens with one attached hydrogen (secondary N) is 2. The van der Waals surface area contributed by atoms with Crippen molar-refractivity contribution in [2.75, 3.05) is 26.2 Å². The minimum atomic E-state index is -0.466. The minimum absolute atomic E-state index is 0.0362. The molecule has 0 unspecified atom stereocenters. The van der Waals surface area contributed by atoms with E-state index in [2.05, 4.69) is 47.6 Å². The fraction of sp³-hybridized carbons (Fsp3) is 0.391. The van der Waals surface area contributed by atoms with Gasteiger partial charge in [0.2, 0.25) is 5.91 Å². The zero-order chi connectivity index (χ0) is 21.5. The molecule has 1 aliphatic heterocycles. The lowest BCUT2D eigenvalue weighted by atomic mass is 10.1. The van der Waals surface area contributed by atoms with Crippen LogP contribution in [0, 0.1) is 13.8 Å². The predicted molar refractivity (Wildman–Crippen MR) is 116 cm³/mol. The average molecular weight is 411 g/mol. The normalized spacial score (nSPS) is 16.8. The van der Waals surface area contributed by atoms with Gasteiger partial charge >= 0.3 is 6.03 Å². The van der Waals surface area contributed by atoms with E-state index in [-0.39, 0.29) is 12.1 Å². The number of primary amides is 1. The fourth-order valence-corrected chi connectivity index (χ4v) is 3.45. The summed E-state index contributed by atoms with van der Waals surface area (Å²) in [6.07, 6.45) is -0.0362. The Hall–Kier alpha value is -2.90. The van der Waals surface area contributed by atoms with Gasteiger partial charge in [-0.15, -0.1) is 0 Å². The van der Waals surface area contributed by atoms with Crippen molar-refractivity contribution in [2.24, 2.45) is 5.73 Å². The Morgan fingerprint density at radius 3 is 2.50 bits per heavy atom. The molecule has 1 saturated heterocycles. The first kappa shape index (κ1) is 21.8. The largest absolute Gasteiger partial charge is 0.374 e. The predicted octanol–water partition coefficient (Wildman–Crippen LogP) is 2.10. The molecule has 0 bridgehead atoms. The average Bonchev–Trinajstić information content (AvgIpc) is 2.74. The molecule has 0 aromatic heterocycles. The smallest absolute Gasteiger partial charge is 0.315 e. The number of nitrogens with zero attached hydrogens (tertiary/aromatic N) is 1. The number of aryl methyl sites for hydroxylation is 2. The molecular formula is C23H30N4O3. The lowest BCUT2D eigenvalue weighted by molar-refractivity contribution is -0.0287. The summed E-state index contributed by atoms with van der Waals surface area (Å²) in [6.45, 7) is 8.29. The van der Waals surface area contributed by atoms with Gasteiger partial charge in [-0.25, -0.2) is 4.79 Å². The second-order valence-corrected chi connectivity index (χ2v) is 7.77. The van der Waals surface area contributed by atoms with Crippen LogP contribution >= 0.6 is 0 Å². The number of nitrogens with two attached hydrogens (primary N) is 1. The molecule has 7 nitrogen and oxygen atoms in total. The molecule has 1 aliphatic rings. The number of hydrogen-bond donors (Lipinski definition) is 3. The quantitative estimate of drug-likeness (QED) is 0.651. The third-order valence-electron chi connectivity index (χ3n) is 5.38. The standard InChI is InChI=1S/C23H30N4O3/c1-16-3-4-19(11-17(16)2)14-27-9-10-30-21(15-27)13-26-23(29)25-12-18-5-7-20(8-6-18)22(24)28/h3-8,11,21H,9-10,12-15H2,1-2H3,(H2,24,28)(H2,25,26,29)/t21-/m0/s1. The lowest BCUT2D eigenvalue weighted by Crippen LogP contribution is -2.48. The maximum absolute atomic E-state index is 12.1. The molecular weight excluding hydrogens is 380 g/mol. The van der Waals surface area contributed by atoms with Gasteiger partial charge < -0.3 is 21.1 Å². The van der Waals surface area contributed by atoms with Crippen molar-refractivity contribution in [1.29, 1.82) is 0 Å². The Balaban J connectivity index is 1.40. The van der Waals surface area contributed by atoms with E-state index in [9.17, 15) is 9.59 Å². The Kier molecular flexibility index (Phi) is 7.43. The highest BCUT2D eigenvalue weighted by molar-refractivity contribution is 5.92. The van der Waals surface area contributed by atoms with Crippen LogP contribution in [0.5, 0.6) is 0 Å². The molecule has 1 atom stereocenters. The van der Waals surface area contributed by atoms with Gasteiger partial charge in [-0.2, -0.15) is 0 Å². The number of benzene rings is 2. The van der Waals surface area contributed by atoms with Crippen molar-refractivity contribution < 1.29 is 14.3 Å². The molecule has 4 N–H and O–H groups in total. The Bertz CT molecular complexity index is 883. The van der Waals surface area contributed by atoms with Gasteiger partial charge in [0.15, 0.2) is 0 Å². The van der Waals surface area contributed by atoms with E-state index < -0.39 is 5.91 Å². The zero-order valence-electron chi connectivity index (χ0n) is 17.6. The number of rotatable bonds is 7. The van der Waals surface area contributed by atoms with Crippen molar-refractivity contribution >= 4 is 11.9 Å². The number of amides is 3. The molecule has 30 heavy (non-hydrogen) atoms. The van der Waals surface area contributed by atoms with Crippen LogP contribution in [0.25, 0.3) is 0 Å². The Labute approximate surface area is 177 Å². The number of urea groups is 1. The van der Waals surface area contributed by atoms with E-state index in [1.807, 2.05) is 0 Å². The van der Waals surface area contributed by atoms with Crippen LogP contribution in [0.15, 0.2) is 42.5 Å². The van der Waals surface area contributed by atoms with E-state index in [4.69, 9.17) is 10.5 Å². The van der Waals surface area contributed by atoms with Crippen molar-refractivity contribution in [3.8, 4) is 0 Å². The lowest BCUT2D eigenvalue weighted by Gasteiger charge is -2.33. The summed E-state index contributed by atoms with van der Waals surface area (Å²) in [5.74, 6) is -0.466. The molecule has 2 aromatic carbocycles. The highest BCUT2D eigenvalue weighted by Crippen LogP contribution is 2.14. The molecule has 0 radical (unpaired) electrons. The number of morpholine rings is 1. The van der Waals surface area contributed by atoms with Crippen LogP contribution in [-0.2, 0) is 17.8 Å². The molecule has 3 amide bonds. The molecule has 0 saturated carbocycles. The fourth-order valence-electron chi connectivity index (χ4n) is 3.45. The van der Waals surface area contributed by atoms with Gasteiger partial charge in [0, 0.05) is 38.3 Å². The van der Waals surface area contributed by atoms with Crippen LogP contribution in [-0.4, -0.2) is 49.2 Å². The van der Waals surface area contributed by atoms with E-state index in [0.717, 1.165) is 25.2 Å². The van der Waals surface area contributed by atoms with Crippen molar-refractivity contribution in [1.82, 2.24) is 15.5 Å². The summed E-state index contributed by atoms with van der Waals surface area (Å²) in [4.78, 5) is 25.6. The van der Waals surface area contributed by atoms with E-state index in [1.165, 1.54) is 16.7 Å². The number of ether oxygens (including phenoxy) is 1. The van der Waals surface area contributed by atoms with E-state index in [0.29, 0.717) is 25.3 Å². The highest BCUT2D eigenvalue weighted by Gasteiger charge is 2.21. The van der Waals surface area contributed by atoms with Crippen LogP contribution < -0.4 is 16.4 Å². The van der Waals surface area contributed by atoms with Crippen LogP contribution in [0.4, 0.5) is 4.79 Å². The van der Waals surface area contributed by atoms with Gasteiger partial charge in [-0.3, -0.25) is 9.69 Å². The minimum Gasteiger partial charge on any atom is -0.374 e. The molecule has 2 aromatic rings. The first-order chi connectivity index (χ1) is 14.4. The van der Waals surface area contributed by atoms with Gasteiger partial charge in [-0.05, 0) is 48.2 Å². The molecule has 0 spiro atoms. The zero-order valence-corrected chi connectivity index (χ0v) is 17.6. The first-order valence-electron chi connectivity index (χ1n) is 10.2.